The van der Waals surface area contributed by atoms with E-state index in [0.29, 0.717) is 27.9 Å². The van der Waals surface area contributed by atoms with Crippen LogP contribution < -0.4 is 11.1 Å². The molecule has 3 N–H and O–H groups in total. The van der Waals surface area contributed by atoms with E-state index in [1.54, 1.807) is 30.3 Å². The van der Waals surface area contributed by atoms with Crippen molar-refractivity contribution in [2.75, 3.05) is 11.9 Å². The summed E-state index contributed by atoms with van der Waals surface area (Å²) in [6.45, 7) is 2.93. The number of primary amides is 1. The molecule has 2 fully saturated rings. The van der Waals surface area contributed by atoms with E-state index in [9.17, 15) is 18.4 Å². The fourth-order valence-corrected chi connectivity index (χ4v) is 3.72. The SMILES string of the molecule is CCOC1CC1.NC(=O)C1(c2ccc(NC(=O)c3cccc(Cl)c3)cc2)CC(F)(F)C1. The number of hydrogen-bond donors (Lipinski definition) is 2. The topological polar surface area (TPSA) is 81.4 Å². The van der Waals surface area contributed by atoms with Gasteiger partial charge in [-0.05, 0) is 55.7 Å². The highest BCUT2D eigenvalue weighted by atomic mass is 35.5. The molecular formula is C23H25ClF2N2O3. The number of nitrogens with two attached hydrogens (primary N) is 1. The molecule has 0 atom stereocenters. The van der Waals surface area contributed by atoms with Crippen LogP contribution in [0.2, 0.25) is 5.02 Å². The first kappa shape index (κ1) is 23.2. The molecule has 2 aliphatic rings. The van der Waals surface area contributed by atoms with Crippen LogP contribution in [-0.4, -0.2) is 30.4 Å². The number of hydrogen-bond acceptors (Lipinski definition) is 3. The van der Waals surface area contributed by atoms with Crippen LogP contribution in [0.25, 0.3) is 0 Å². The van der Waals surface area contributed by atoms with Gasteiger partial charge in [-0.25, -0.2) is 8.78 Å². The molecule has 2 amide bonds. The fraction of sp³-hybridized carbons (Fsp3) is 0.391. The Labute approximate surface area is 184 Å². The molecule has 0 bridgehead atoms. The molecule has 31 heavy (non-hydrogen) atoms. The zero-order valence-corrected chi connectivity index (χ0v) is 17.9. The Morgan fingerprint density at radius 1 is 1.16 bits per heavy atom. The molecule has 4 rings (SSSR count). The molecule has 0 radical (unpaired) electrons. The summed E-state index contributed by atoms with van der Waals surface area (Å²) < 4.78 is 31.7. The summed E-state index contributed by atoms with van der Waals surface area (Å²) in [4.78, 5) is 23.8. The van der Waals surface area contributed by atoms with Crippen molar-refractivity contribution >= 4 is 29.1 Å². The highest BCUT2D eigenvalue weighted by molar-refractivity contribution is 6.31. The van der Waals surface area contributed by atoms with E-state index in [0.717, 1.165) is 6.61 Å². The van der Waals surface area contributed by atoms with Crippen molar-refractivity contribution in [1.82, 2.24) is 0 Å². The van der Waals surface area contributed by atoms with Crippen molar-refractivity contribution in [3.8, 4) is 0 Å². The number of amides is 2. The maximum Gasteiger partial charge on any atom is 0.255 e. The number of alkyl halides is 2. The minimum absolute atomic E-state index is 0.352. The Morgan fingerprint density at radius 3 is 2.26 bits per heavy atom. The third-order valence-corrected chi connectivity index (χ3v) is 5.54. The van der Waals surface area contributed by atoms with Crippen molar-refractivity contribution < 1.29 is 23.1 Å². The lowest BCUT2D eigenvalue weighted by atomic mass is 9.61. The molecule has 2 aromatic carbocycles. The van der Waals surface area contributed by atoms with E-state index in [1.165, 1.54) is 31.0 Å². The molecule has 166 valence electrons. The zero-order chi connectivity index (χ0) is 22.6. The lowest BCUT2D eigenvalue weighted by molar-refractivity contribution is -0.156. The highest BCUT2D eigenvalue weighted by Gasteiger charge is 2.60. The molecule has 2 aliphatic carbocycles. The molecule has 5 nitrogen and oxygen atoms in total. The minimum Gasteiger partial charge on any atom is -0.379 e. The average Bonchev–Trinajstić information content (AvgIpc) is 3.51. The Bertz CT molecular complexity index is 938. The van der Waals surface area contributed by atoms with Crippen LogP contribution in [0.3, 0.4) is 0 Å². The van der Waals surface area contributed by atoms with Crippen LogP contribution in [-0.2, 0) is 14.9 Å². The maximum absolute atomic E-state index is 13.3. The number of nitrogens with one attached hydrogen (secondary N) is 1. The molecule has 8 heteroatoms. The van der Waals surface area contributed by atoms with Crippen LogP contribution in [0, 0.1) is 0 Å². The lowest BCUT2D eigenvalue weighted by Crippen LogP contribution is -2.57. The second-order valence-electron chi connectivity index (χ2n) is 7.85. The third-order valence-electron chi connectivity index (χ3n) is 5.30. The summed E-state index contributed by atoms with van der Waals surface area (Å²) in [5, 5.41) is 3.13. The molecule has 0 heterocycles. The highest BCUT2D eigenvalue weighted by Crippen LogP contribution is 2.53. The number of carbonyl (C=O) groups excluding carboxylic acids is 2. The maximum atomic E-state index is 13.3. The molecule has 0 aliphatic heterocycles. The fourth-order valence-electron chi connectivity index (χ4n) is 3.53. The Hall–Kier alpha value is -2.51. The quantitative estimate of drug-likeness (QED) is 0.654. The summed E-state index contributed by atoms with van der Waals surface area (Å²) in [6.07, 6.45) is 2.06. The smallest absolute Gasteiger partial charge is 0.255 e. The van der Waals surface area contributed by atoms with Gasteiger partial charge in [-0.2, -0.15) is 0 Å². The Morgan fingerprint density at radius 2 is 1.81 bits per heavy atom. The lowest BCUT2D eigenvalue weighted by Gasteiger charge is -2.45. The minimum atomic E-state index is -2.88. The number of anilines is 1. The van der Waals surface area contributed by atoms with Gasteiger partial charge in [0.15, 0.2) is 0 Å². The average molecular weight is 451 g/mol. The monoisotopic (exact) mass is 450 g/mol. The summed E-state index contributed by atoms with van der Waals surface area (Å²) in [6, 6.07) is 12.6. The van der Waals surface area contributed by atoms with Gasteiger partial charge in [0, 0.05) is 35.7 Å². The van der Waals surface area contributed by atoms with E-state index in [2.05, 4.69) is 5.32 Å². The molecular weight excluding hydrogens is 426 g/mol. The first-order chi connectivity index (χ1) is 14.6. The summed E-state index contributed by atoms with van der Waals surface area (Å²) in [5.74, 6) is -4.00. The Kier molecular flexibility index (Phi) is 6.96. The van der Waals surface area contributed by atoms with Crippen LogP contribution >= 0.6 is 11.6 Å². The normalized spacial score (nSPS) is 18.2. The predicted molar refractivity (Wildman–Crippen MR) is 116 cm³/mol. The van der Waals surface area contributed by atoms with Crippen molar-refractivity contribution in [3.05, 3.63) is 64.7 Å². The van der Waals surface area contributed by atoms with Crippen molar-refractivity contribution in [2.24, 2.45) is 5.73 Å². The van der Waals surface area contributed by atoms with Gasteiger partial charge in [-0.15, -0.1) is 0 Å². The van der Waals surface area contributed by atoms with Crippen LogP contribution in [0.1, 0.15) is 48.5 Å². The first-order valence-electron chi connectivity index (χ1n) is 10.1. The van der Waals surface area contributed by atoms with Crippen molar-refractivity contribution in [2.45, 2.75) is 50.0 Å². The number of ether oxygens (including phenoxy) is 1. The largest absolute Gasteiger partial charge is 0.379 e. The van der Waals surface area contributed by atoms with E-state index in [4.69, 9.17) is 22.1 Å². The second-order valence-corrected chi connectivity index (χ2v) is 8.29. The van der Waals surface area contributed by atoms with E-state index < -0.39 is 30.1 Å². The summed E-state index contributed by atoms with van der Waals surface area (Å²) >= 11 is 5.85. The van der Waals surface area contributed by atoms with Gasteiger partial charge in [0.1, 0.15) is 0 Å². The molecule has 0 aromatic heterocycles. The molecule has 0 saturated heterocycles. The van der Waals surface area contributed by atoms with Crippen molar-refractivity contribution in [3.63, 3.8) is 0 Å². The molecule has 0 spiro atoms. The number of halogens is 3. The van der Waals surface area contributed by atoms with Crippen LogP contribution in [0.5, 0.6) is 0 Å². The molecule has 2 saturated carbocycles. The number of rotatable bonds is 6. The van der Waals surface area contributed by atoms with E-state index in [-0.39, 0.29) is 5.91 Å². The third kappa shape index (κ3) is 5.80. The van der Waals surface area contributed by atoms with Gasteiger partial charge < -0.3 is 15.8 Å². The van der Waals surface area contributed by atoms with Gasteiger partial charge >= 0.3 is 0 Å². The van der Waals surface area contributed by atoms with Gasteiger partial charge in [-0.3, -0.25) is 9.59 Å². The molecule has 0 unspecified atom stereocenters. The number of benzene rings is 2. The van der Waals surface area contributed by atoms with Gasteiger partial charge in [-0.1, -0.05) is 29.8 Å². The summed E-state index contributed by atoms with van der Waals surface area (Å²) in [5.41, 5.74) is 5.28. The van der Waals surface area contributed by atoms with Gasteiger partial charge in [0.2, 0.25) is 5.91 Å². The zero-order valence-electron chi connectivity index (χ0n) is 17.2. The van der Waals surface area contributed by atoms with Gasteiger partial charge in [0.05, 0.1) is 11.5 Å². The van der Waals surface area contributed by atoms with Crippen LogP contribution in [0.15, 0.2) is 48.5 Å². The summed E-state index contributed by atoms with van der Waals surface area (Å²) in [7, 11) is 0. The second kappa shape index (κ2) is 9.32. The molecule has 2 aromatic rings. The van der Waals surface area contributed by atoms with E-state index >= 15 is 0 Å². The van der Waals surface area contributed by atoms with Gasteiger partial charge in [0.25, 0.3) is 11.8 Å². The van der Waals surface area contributed by atoms with Crippen molar-refractivity contribution in [1.29, 1.82) is 0 Å². The van der Waals surface area contributed by atoms with E-state index in [1.807, 2.05) is 6.92 Å². The van der Waals surface area contributed by atoms with Crippen LogP contribution in [0.4, 0.5) is 14.5 Å². The standard InChI is InChI=1S/C18H15ClF2N2O2.C5H10O/c19-13-3-1-2-11(8-13)15(24)23-14-6-4-12(5-7-14)17(16(22)25)9-18(20,21)10-17;1-2-6-5-3-4-5/h1-8H,9-10H2,(H2,22,25)(H,23,24);5H,2-4H2,1H3. The predicted octanol–water partition coefficient (Wildman–Crippen LogP) is 4.93. The number of carbonyl (C=O) groups is 2. The first-order valence-corrected chi connectivity index (χ1v) is 10.5. The Balaban J connectivity index is 0.000000391.